The fourth-order valence-corrected chi connectivity index (χ4v) is 4.07. The molecule has 1 aromatic heterocycles. The first-order valence-electron chi connectivity index (χ1n) is 9.13. The van der Waals surface area contributed by atoms with Crippen molar-refractivity contribution in [2.45, 2.75) is 48.2 Å². The number of hydrogen-bond donors (Lipinski definition) is 2. The largest absolute Gasteiger partial charge is 0.346 e. The second kappa shape index (κ2) is 8.84. The Morgan fingerprint density at radius 1 is 1.21 bits per heavy atom. The first-order valence-corrected chi connectivity index (χ1v) is 9.94. The molecule has 0 saturated heterocycles. The van der Waals surface area contributed by atoms with Crippen LogP contribution in [0.1, 0.15) is 64.4 Å². The lowest BCUT2D eigenvalue weighted by Crippen LogP contribution is -2.25. The van der Waals surface area contributed by atoms with Gasteiger partial charge < -0.3 is 5.32 Å². The number of thiophene rings is 1. The van der Waals surface area contributed by atoms with Gasteiger partial charge in [0.25, 0.3) is 5.91 Å². The molecular formula is C21H27FN2O3S. The summed E-state index contributed by atoms with van der Waals surface area (Å²) in [7, 11) is 0. The van der Waals surface area contributed by atoms with Crippen LogP contribution in [0.2, 0.25) is 0 Å². The van der Waals surface area contributed by atoms with Gasteiger partial charge in [0.2, 0.25) is 0 Å². The van der Waals surface area contributed by atoms with E-state index in [1.165, 1.54) is 11.3 Å². The molecule has 7 heteroatoms. The lowest BCUT2D eigenvalue weighted by Gasteiger charge is -2.15. The van der Waals surface area contributed by atoms with Gasteiger partial charge in [0.15, 0.2) is 5.78 Å². The van der Waals surface area contributed by atoms with Gasteiger partial charge >= 0.3 is 0 Å². The summed E-state index contributed by atoms with van der Waals surface area (Å²) in [6, 6.07) is 5.39. The van der Waals surface area contributed by atoms with E-state index in [4.69, 9.17) is 4.84 Å². The van der Waals surface area contributed by atoms with Crippen LogP contribution in [-0.4, -0.2) is 18.3 Å². The Kier molecular flexibility index (Phi) is 6.96. The number of rotatable bonds is 7. The van der Waals surface area contributed by atoms with Crippen LogP contribution in [-0.2, 0) is 11.5 Å². The quantitative estimate of drug-likeness (QED) is 0.471. The number of hydrogen-bond acceptors (Lipinski definition) is 5. The molecule has 0 aliphatic heterocycles. The molecular weight excluding hydrogens is 379 g/mol. The van der Waals surface area contributed by atoms with Crippen molar-refractivity contribution in [2.75, 3.05) is 11.9 Å². The molecule has 28 heavy (non-hydrogen) atoms. The van der Waals surface area contributed by atoms with E-state index < -0.39 is 18.0 Å². The summed E-state index contributed by atoms with van der Waals surface area (Å²) in [6.45, 7) is 10.6. The molecule has 2 aromatic rings. The van der Waals surface area contributed by atoms with Crippen molar-refractivity contribution in [1.29, 1.82) is 0 Å². The average Bonchev–Trinajstić information content (AvgIpc) is 2.95. The SMILES string of the molecule is CCONC(=O)c1c(Nc2ccc(C)cc2CF)sc(C(=O)C(C)(C)C)c1C. The average molecular weight is 407 g/mol. The van der Waals surface area contributed by atoms with E-state index in [1.807, 2.05) is 33.8 Å². The van der Waals surface area contributed by atoms with E-state index in [0.29, 0.717) is 38.9 Å². The number of hydroxylamine groups is 1. The summed E-state index contributed by atoms with van der Waals surface area (Å²) in [5.41, 5.74) is 4.71. The first kappa shape index (κ1) is 22.0. The summed E-state index contributed by atoms with van der Waals surface area (Å²) in [5, 5.41) is 3.64. The molecule has 152 valence electrons. The summed E-state index contributed by atoms with van der Waals surface area (Å²) in [5.74, 6) is -0.497. The third-order valence-electron chi connectivity index (χ3n) is 4.22. The Labute approximate surface area is 169 Å². The standard InChI is InChI=1S/C21H27FN2O3S/c1-7-27-24-19(26)16-13(3)17(18(25)21(4,5)6)28-20(16)23-15-9-8-12(2)10-14(15)11-22/h8-10,23H,7,11H2,1-6H3,(H,24,26). The number of carbonyl (C=O) groups is 2. The molecule has 0 aliphatic rings. The molecule has 0 radical (unpaired) electrons. The maximum absolute atomic E-state index is 13.5. The summed E-state index contributed by atoms with van der Waals surface area (Å²) in [4.78, 5) is 31.1. The van der Waals surface area contributed by atoms with E-state index in [0.717, 1.165) is 5.56 Å². The number of aryl methyl sites for hydroxylation is 1. The van der Waals surface area contributed by atoms with Gasteiger partial charge in [-0.2, -0.15) is 0 Å². The van der Waals surface area contributed by atoms with Crippen molar-refractivity contribution in [1.82, 2.24) is 5.48 Å². The Hall–Kier alpha value is -2.25. The Morgan fingerprint density at radius 3 is 2.46 bits per heavy atom. The third kappa shape index (κ3) is 4.77. The molecule has 1 amide bonds. The maximum Gasteiger partial charge on any atom is 0.278 e. The maximum atomic E-state index is 13.5. The number of alkyl halides is 1. The molecule has 0 atom stereocenters. The van der Waals surface area contributed by atoms with Gasteiger partial charge in [-0.1, -0.05) is 38.5 Å². The molecule has 0 spiro atoms. The molecule has 5 nitrogen and oxygen atoms in total. The van der Waals surface area contributed by atoms with Crippen molar-refractivity contribution in [3.05, 3.63) is 45.3 Å². The van der Waals surface area contributed by atoms with Gasteiger partial charge in [-0.3, -0.25) is 14.4 Å². The molecule has 0 aliphatic carbocycles. The molecule has 2 rings (SSSR count). The number of benzene rings is 1. The topological polar surface area (TPSA) is 67.4 Å². The fraction of sp³-hybridized carbons (Fsp3) is 0.429. The molecule has 2 N–H and O–H groups in total. The van der Waals surface area contributed by atoms with Crippen molar-refractivity contribution in [3.63, 3.8) is 0 Å². The smallest absolute Gasteiger partial charge is 0.278 e. The van der Waals surface area contributed by atoms with E-state index in [2.05, 4.69) is 10.8 Å². The number of anilines is 2. The summed E-state index contributed by atoms with van der Waals surface area (Å²) in [6.07, 6.45) is 0. The van der Waals surface area contributed by atoms with Crippen LogP contribution >= 0.6 is 11.3 Å². The monoisotopic (exact) mass is 406 g/mol. The molecule has 0 fully saturated rings. The fourth-order valence-electron chi connectivity index (χ4n) is 2.70. The molecule has 0 unspecified atom stereocenters. The van der Waals surface area contributed by atoms with E-state index in [9.17, 15) is 14.0 Å². The van der Waals surface area contributed by atoms with Crippen molar-refractivity contribution in [2.24, 2.45) is 5.41 Å². The van der Waals surface area contributed by atoms with Crippen LogP contribution in [0.3, 0.4) is 0 Å². The zero-order valence-electron chi connectivity index (χ0n) is 17.2. The Morgan fingerprint density at radius 2 is 1.89 bits per heavy atom. The second-order valence-electron chi connectivity index (χ2n) is 7.62. The minimum atomic E-state index is -0.636. The van der Waals surface area contributed by atoms with Crippen LogP contribution in [0, 0.1) is 19.3 Å². The number of halogens is 1. The highest BCUT2D eigenvalue weighted by atomic mass is 32.1. The molecule has 1 heterocycles. The lowest BCUT2D eigenvalue weighted by atomic mass is 9.88. The van der Waals surface area contributed by atoms with Crippen molar-refractivity contribution >= 4 is 33.7 Å². The molecule has 1 aromatic carbocycles. The predicted octanol–water partition coefficient (Wildman–Crippen LogP) is 5.49. The predicted molar refractivity (Wildman–Crippen MR) is 111 cm³/mol. The number of amides is 1. The van der Waals surface area contributed by atoms with Crippen molar-refractivity contribution in [3.8, 4) is 0 Å². The van der Waals surface area contributed by atoms with Crippen LogP contribution in [0.5, 0.6) is 0 Å². The van der Waals surface area contributed by atoms with E-state index >= 15 is 0 Å². The zero-order valence-corrected chi connectivity index (χ0v) is 18.0. The highest BCUT2D eigenvalue weighted by Gasteiger charge is 2.31. The molecule has 0 bridgehead atoms. The molecule has 0 saturated carbocycles. The number of nitrogens with one attached hydrogen (secondary N) is 2. The zero-order chi connectivity index (χ0) is 21.1. The third-order valence-corrected chi connectivity index (χ3v) is 5.43. The normalized spacial score (nSPS) is 11.4. The van der Waals surface area contributed by atoms with E-state index in [-0.39, 0.29) is 5.78 Å². The van der Waals surface area contributed by atoms with E-state index in [1.54, 1.807) is 26.0 Å². The lowest BCUT2D eigenvalue weighted by molar-refractivity contribution is 0.0365. The number of ketones is 1. The second-order valence-corrected chi connectivity index (χ2v) is 8.64. The highest BCUT2D eigenvalue weighted by molar-refractivity contribution is 7.18. The Bertz CT molecular complexity index is 885. The van der Waals surface area contributed by atoms with Crippen LogP contribution in [0.4, 0.5) is 15.1 Å². The number of Topliss-reactive ketones (excluding diaryl/α,β-unsaturated/α-hetero) is 1. The minimum absolute atomic E-state index is 0.0527. The first-order chi connectivity index (χ1) is 13.1. The highest BCUT2D eigenvalue weighted by Crippen LogP contribution is 2.39. The summed E-state index contributed by atoms with van der Waals surface area (Å²) < 4.78 is 13.5. The van der Waals surface area contributed by atoms with Crippen LogP contribution in [0.25, 0.3) is 0 Å². The van der Waals surface area contributed by atoms with Gasteiger partial charge in [0, 0.05) is 16.7 Å². The minimum Gasteiger partial charge on any atom is -0.346 e. The van der Waals surface area contributed by atoms with Crippen LogP contribution < -0.4 is 10.8 Å². The van der Waals surface area contributed by atoms with Gasteiger partial charge in [-0.25, -0.2) is 9.87 Å². The van der Waals surface area contributed by atoms with Gasteiger partial charge in [-0.05, 0) is 32.4 Å². The Balaban J connectivity index is 2.55. The van der Waals surface area contributed by atoms with Gasteiger partial charge in [-0.15, -0.1) is 11.3 Å². The number of carbonyl (C=O) groups excluding carboxylic acids is 2. The van der Waals surface area contributed by atoms with Crippen molar-refractivity contribution < 1.29 is 18.8 Å². The van der Waals surface area contributed by atoms with Gasteiger partial charge in [0.05, 0.1) is 17.0 Å². The van der Waals surface area contributed by atoms with Crippen LogP contribution in [0.15, 0.2) is 18.2 Å². The van der Waals surface area contributed by atoms with Gasteiger partial charge in [0.1, 0.15) is 11.7 Å². The summed E-state index contributed by atoms with van der Waals surface area (Å²) >= 11 is 1.20.